The van der Waals surface area contributed by atoms with Crippen LogP contribution in [0.15, 0.2) is 18.2 Å². The van der Waals surface area contributed by atoms with E-state index in [4.69, 9.17) is 0 Å². The van der Waals surface area contributed by atoms with Crippen LogP contribution in [0.3, 0.4) is 0 Å². The van der Waals surface area contributed by atoms with Crippen molar-refractivity contribution in [3.05, 3.63) is 34.9 Å². The Morgan fingerprint density at radius 3 is 2.25 bits per heavy atom. The molecule has 0 amide bonds. The number of benzene rings is 1. The van der Waals surface area contributed by atoms with Crippen LogP contribution in [-0.4, -0.2) is 0 Å². The Labute approximate surface area is 100 Å². The van der Waals surface area contributed by atoms with Crippen LogP contribution in [0, 0.1) is 6.92 Å². The summed E-state index contributed by atoms with van der Waals surface area (Å²) in [5, 5.41) is 0. The van der Waals surface area contributed by atoms with Gasteiger partial charge in [-0.15, -0.1) is 0 Å². The summed E-state index contributed by atoms with van der Waals surface area (Å²) in [6.45, 7) is 11.9. The molecule has 2 rings (SSSR count). The molecule has 0 unspecified atom stereocenters. The molecule has 0 saturated heterocycles. The zero-order valence-electron chi connectivity index (χ0n) is 11.4. The molecule has 0 heteroatoms. The third kappa shape index (κ3) is 1.79. The Kier molecular flexibility index (Phi) is 2.64. The van der Waals surface area contributed by atoms with Crippen molar-refractivity contribution in [2.45, 2.75) is 64.7 Å². The van der Waals surface area contributed by atoms with Crippen molar-refractivity contribution in [1.29, 1.82) is 0 Å². The fourth-order valence-corrected chi connectivity index (χ4v) is 3.36. The second-order valence-electron chi connectivity index (χ2n) is 6.62. The van der Waals surface area contributed by atoms with Gasteiger partial charge in [-0.1, -0.05) is 52.3 Å². The van der Waals surface area contributed by atoms with Crippen LogP contribution in [0.5, 0.6) is 0 Å². The van der Waals surface area contributed by atoms with E-state index < -0.39 is 0 Å². The molecule has 0 heterocycles. The molecule has 0 radical (unpaired) electrons. The minimum atomic E-state index is 0.342. The van der Waals surface area contributed by atoms with Crippen LogP contribution >= 0.6 is 0 Å². The van der Waals surface area contributed by atoms with Crippen LogP contribution in [0.1, 0.15) is 63.6 Å². The van der Waals surface area contributed by atoms with Gasteiger partial charge in [-0.25, -0.2) is 0 Å². The van der Waals surface area contributed by atoms with Gasteiger partial charge < -0.3 is 0 Å². The Bertz CT molecular complexity index is 396. The molecule has 0 aromatic heterocycles. The first-order chi connectivity index (χ1) is 7.34. The molecule has 0 atom stereocenters. The van der Waals surface area contributed by atoms with E-state index in [1.807, 2.05) is 0 Å². The second kappa shape index (κ2) is 3.61. The van der Waals surface area contributed by atoms with E-state index in [0.717, 1.165) is 0 Å². The molecule has 88 valence electrons. The van der Waals surface area contributed by atoms with Crippen molar-refractivity contribution in [1.82, 2.24) is 0 Å². The van der Waals surface area contributed by atoms with Gasteiger partial charge in [-0.05, 0) is 47.3 Å². The Balaban J connectivity index is 2.70. The SMILES string of the molecule is Cc1cccc2c1C(C)(C)CCCC2(C)C. The summed E-state index contributed by atoms with van der Waals surface area (Å²) in [4.78, 5) is 0. The Hall–Kier alpha value is -0.780. The lowest BCUT2D eigenvalue weighted by Crippen LogP contribution is -2.23. The standard InChI is InChI=1S/C16H24/c1-12-8-6-9-13-14(12)16(4,5)11-7-10-15(13,2)3/h6,8-9H,7,10-11H2,1-5H3. The maximum atomic E-state index is 2.40. The molecule has 1 aromatic carbocycles. The fourth-order valence-electron chi connectivity index (χ4n) is 3.36. The molecule has 16 heavy (non-hydrogen) atoms. The first-order valence-electron chi connectivity index (χ1n) is 6.45. The highest BCUT2D eigenvalue weighted by Crippen LogP contribution is 2.44. The van der Waals surface area contributed by atoms with Crippen LogP contribution in [0.25, 0.3) is 0 Å². The average molecular weight is 216 g/mol. The van der Waals surface area contributed by atoms with Crippen molar-refractivity contribution < 1.29 is 0 Å². The average Bonchev–Trinajstić information content (AvgIpc) is 2.23. The largest absolute Gasteiger partial charge is 0.0617 e. The molecule has 0 aliphatic heterocycles. The van der Waals surface area contributed by atoms with Gasteiger partial charge in [0.1, 0.15) is 0 Å². The number of hydrogen-bond acceptors (Lipinski definition) is 0. The number of aryl methyl sites for hydroxylation is 1. The molecule has 1 aliphatic rings. The van der Waals surface area contributed by atoms with Gasteiger partial charge in [0.2, 0.25) is 0 Å². The molecule has 0 nitrogen and oxygen atoms in total. The molecule has 0 N–H and O–H groups in total. The predicted molar refractivity (Wildman–Crippen MR) is 71.1 cm³/mol. The van der Waals surface area contributed by atoms with Gasteiger partial charge in [-0.3, -0.25) is 0 Å². The summed E-state index contributed by atoms with van der Waals surface area (Å²) < 4.78 is 0. The van der Waals surface area contributed by atoms with Gasteiger partial charge in [0.05, 0.1) is 0 Å². The molecule has 0 spiro atoms. The molecular formula is C16H24. The highest BCUT2D eigenvalue weighted by atomic mass is 14.4. The maximum absolute atomic E-state index is 2.40. The summed E-state index contributed by atoms with van der Waals surface area (Å²) in [7, 11) is 0. The molecule has 1 aromatic rings. The first-order valence-corrected chi connectivity index (χ1v) is 6.45. The third-order valence-corrected chi connectivity index (χ3v) is 4.28. The second-order valence-corrected chi connectivity index (χ2v) is 6.62. The van der Waals surface area contributed by atoms with Crippen LogP contribution in [0.4, 0.5) is 0 Å². The Morgan fingerprint density at radius 1 is 0.938 bits per heavy atom. The lowest BCUT2D eigenvalue weighted by molar-refractivity contribution is 0.433. The van der Waals surface area contributed by atoms with Crippen molar-refractivity contribution in [2.24, 2.45) is 0 Å². The van der Waals surface area contributed by atoms with Gasteiger partial charge in [0.25, 0.3) is 0 Å². The van der Waals surface area contributed by atoms with Gasteiger partial charge in [0, 0.05) is 0 Å². The number of fused-ring (bicyclic) bond motifs is 1. The molecular weight excluding hydrogens is 192 g/mol. The molecule has 0 saturated carbocycles. The van der Waals surface area contributed by atoms with Gasteiger partial charge in [0.15, 0.2) is 0 Å². The topological polar surface area (TPSA) is 0 Å². The highest BCUT2D eigenvalue weighted by molar-refractivity contribution is 5.44. The van der Waals surface area contributed by atoms with E-state index in [2.05, 4.69) is 52.8 Å². The van der Waals surface area contributed by atoms with Crippen LogP contribution in [-0.2, 0) is 10.8 Å². The highest BCUT2D eigenvalue weighted by Gasteiger charge is 2.34. The smallest absolute Gasteiger partial charge is 0.00980 e. The van der Waals surface area contributed by atoms with Crippen molar-refractivity contribution in [3.8, 4) is 0 Å². The fraction of sp³-hybridized carbons (Fsp3) is 0.625. The summed E-state index contributed by atoms with van der Waals surface area (Å²) in [5.41, 5.74) is 5.34. The Morgan fingerprint density at radius 2 is 1.56 bits per heavy atom. The summed E-state index contributed by atoms with van der Waals surface area (Å²) in [6.07, 6.45) is 3.97. The van der Waals surface area contributed by atoms with Crippen LogP contribution < -0.4 is 0 Å². The third-order valence-electron chi connectivity index (χ3n) is 4.28. The minimum absolute atomic E-state index is 0.342. The van der Waals surface area contributed by atoms with E-state index in [9.17, 15) is 0 Å². The van der Waals surface area contributed by atoms with E-state index in [0.29, 0.717) is 10.8 Å². The number of hydrogen-bond donors (Lipinski definition) is 0. The zero-order chi connectivity index (χ0) is 12.0. The normalized spacial score (nSPS) is 22.3. The maximum Gasteiger partial charge on any atom is -0.00980 e. The van der Waals surface area contributed by atoms with E-state index >= 15 is 0 Å². The number of rotatable bonds is 0. The van der Waals surface area contributed by atoms with E-state index in [1.54, 1.807) is 11.1 Å². The lowest BCUT2D eigenvalue weighted by Gasteiger charge is -2.31. The summed E-state index contributed by atoms with van der Waals surface area (Å²) in [5.74, 6) is 0. The van der Waals surface area contributed by atoms with Crippen LogP contribution in [0.2, 0.25) is 0 Å². The van der Waals surface area contributed by atoms with E-state index in [1.165, 1.54) is 24.8 Å². The zero-order valence-corrected chi connectivity index (χ0v) is 11.4. The van der Waals surface area contributed by atoms with Crippen molar-refractivity contribution in [2.75, 3.05) is 0 Å². The molecule has 0 bridgehead atoms. The molecule has 1 aliphatic carbocycles. The van der Waals surface area contributed by atoms with Gasteiger partial charge >= 0.3 is 0 Å². The predicted octanol–water partition coefficient (Wildman–Crippen LogP) is 4.73. The summed E-state index contributed by atoms with van der Waals surface area (Å²) in [6, 6.07) is 6.83. The summed E-state index contributed by atoms with van der Waals surface area (Å²) >= 11 is 0. The monoisotopic (exact) mass is 216 g/mol. The molecule has 0 fully saturated rings. The van der Waals surface area contributed by atoms with Crippen molar-refractivity contribution in [3.63, 3.8) is 0 Å². The quantitative estimate of drug-likeness (QED) is 0.550. The minimum Gasteiger partial charge on any atom is -0.0617 e. The first kappa shape index (κ1) is 11.7. The lowest BCUT2D eigenvalue weighted by atomic mass is 9.73. The van der Waals surface area contributed by atoms with Gasteiger partial charge in [-0.2, -0.15) is 0 Å². The van der Waals surface area contributed by atoms with Crippen molar-refractivity contribution >= 4 is 0 Å². The van der Waals surface area contributed by atoms with E-state index in [-0.39, 0.29) is 0 Å².